The number of nitriles is 2. The number of aromatic nitrogens is 2. The van der Waals surface area contributed by atoms with Crippen LogP contribution in [0.4, 0.5) is 0 Å². The van der Waals surface area contributed by atoms with Gasteiger partial charge in [-0.25, -0.2) is 0 Å². The Morgan fingerprint density at radius 1 is 0.500 bits per heavy atom. The summed E-state index contributed by atoms with van der Waals surface area (Å²) in [6.07, 6.45) is 6.53. The maximum Gasteiger partial charge on any atom is 0.0991 e. The van der Waals surface area contributed by atoms with Crippen LogP contribution in [-0.2, 0) is 6.42 Å². The van der Waals surface area contributed by atoms with Crippen LogP contribution in [0.3, 0.4) is 0 Å². The van der Waals surface area contributed by atoms with Gasteiger partial charge in [0.1, 0.15) is 0 Å². The van der Waals surface area contributed by atoms with Crippen molar-refractivity contribution in [2.24, 2.45) is 0 Å². The van der Waals surface area contributed by atoms with E-state index in [1.165, 1.54) is 22.2 Å². The minimum absolute atomic E-state index is 0.643. The van der Waals surface area contributed by atoms with E-state index in [-0.39, 0.29) is 0 Å². The number of para-hydroxylation sites is 2. The van der Waals surface area contributed by atoms with Gasteiger partial charge in [-0.1, -0.05) is 84.9 Å². The normalized spacial score (nSPS) is 12.3. The van der Waals surface area contributed by atoms with Crippen molar-refractivity contribution in [3.05, 3.63) is 162 Å². The first-order valence-electron chi connectivity index (χ1n) is 16.2. The molecule has 0 saturated carbocycles. The fraction of sp³-hybridized carbons (Fsp3) is 0.0455. The first-order chi connectivity index (χ1) is 23.7. The molecule has 9 rings (SSSR count). The van der Waals surface area contributed by atoms with Crippen LogP contribution in [0.15, 0.2) is 140 Å². The molecule has 224 valence electrons. The van der Waals surface area contributed by atoms with E-state index in [4.69, 9.17) is 0 Å². The Labute approximate surface area is 278 Å². The molecule has 0 N–H and O–H groups in total. The predicted octanol–water partition coefficient (Wildman–Crippen LogP) is 10.8. The molecule has 0 spiro atoms. The average Bonchev–Trinajstić information content (AvgIpc) is 3.67. The number of nitrogens with zero attached hydrogens (tertiary/aromatic N) is 4. The summed E-state index contributed by atoms with van der Waals surface area (Å²) in [5.41, 5.74) is 13.8. The summed E-state index contributed by atoms with van der Waals surface area (Å²) in [6.45, 7) is 0. The SMILES string of the molecule is N#Cc1ccc(-c2ccccc2-c2cc(-n3c4c(c5ccccc53)C=CCC4)cc(-n3c4ccccc4c4cc(C#N)ccc43)c2)cc1. The van der Waals surface area contributed by atoms with Crippen LogP contribution in [-0.4, -0.2) is 9.13 Å². The van der Waals surface area contributed by atoms with Crippen LogP contribution in [0.5, 0.6) is 0 Å². The number of hydrogen-bond donors (Lipinski definition) is 0. The predicted molar refractivity (Wildman–Crippen MR) is 195 cm³/mol. The second-order valence-corrected chi connectivity index (χ2v) is 12.3. The third-order valence-electron chi connectivity index (χ3n) is 9.63. The van der Waals surface area contributed by atoms with Crippen molar-refractivity contribution >= 4 is 38.8 Å². The van der Waals surface area contributed by atoms with E-state index in [0.29, 0.717) is 11.1 Å². The Bertz CT molecular complexity index is 2690. The maximum atomic E-state index is 9.75. The number of rotatable bonds is 4. The van der Waals surface area contributed by atoms with Crippen molar-refractivity contribution in [2.45, 2.75) is 12.8 Å². The Kier molecular flexibility index (Phi) is 6.35. The quantitative estimate of drug-likeness (QED) is 0.199. The molecule has 0 atom stereocenters. The molecular formula is C44H28N4. The van der Waals surface area contributed by atoms with Crippen molar-refractivity contribution in [1.82, 2.24) is 9.13 Å². The van der Waals surface area contributed by atoms with E-state index in [0.717, 1.165) is 68.3 Å². The van der Waals surface area contributed by atoms with E-state index in [1.54, 1.807) is 0 Å². The highest BCUT2D eigenvalue weighted by atomic mass is 15.0. The van der Waals surface area contributed by atoms with Gasteiger partial charge in [0.05, 0.1) is 39.8 Å². The monoisotopic (exact) mass is 612 g/mol. The van der Waals surface area contributed by atoms with Crippen molar-refractivity contribution in [3.63, 3.8) is 0 Å². The summed E-state index contributed by atoms with van der Waals surface area (Å²) in [4.78, 5) is 0. The lowest BCUT2D eigenvalue weighted by molar-refractivity contribution is 0.888. The lowest BCUT2D eigenvalue weighted by atomic mass is 9.93. The van der Waals surface area contributed by atoms with Crippen molar-refractivity contribution in [3.8, 4) is 45.8 Å². The van der Waals surface area contributed by atoms with Gasteiger partial charge in [-0.05, 0) is 95.8 Å². The molecule has 0 fully saturated rings. The lowest BCUT2D eigenvalue weighted by Crippen LogP contribution is -2.05. The minimum atomic E-state index is 0.643. The Morgan fingerprint density at radius 2 is 1.10 bits per heavy atom. The van der Waals surface area contributed by atoms with Crippen LogP contribution < -0.4 is 0 Å². The lowest BCUT2D eigenvalue weighted by Gasteiger charge is -2.19. The summed E-state index contributed by atoms with van der Waals surface area (Å²) < 4.78 is 4.79. The standard InChI is InChI=1S/C44H28N4/c45-27-29-17-20-31(21-18-29)35-9-1-2-10-36(35)32-24-33(47-41-14-6-3-11-37(41)38-12-4-7-15-42(38)47)26-34(25-32)48-43-16-8-5-13-39(43)40-23-30(28-46)19-22-44(40)48/h1-6,8-14,16-26H,7,15H2. The smallest absolute Gasteiger partial charge is 0.0991 e. The largest absolute Gasteiger partial charge is 0.313 e. The van der Waals surface area contributed by atoms with Crippen LogP contribution in [0.2, 0.25) is 0 Å². The van der Waals surface area contributed by atoms with Crippen LogP contribution >= 0.6 is 0 Å². The zero-order valence-electron chi connectivity index (χ0n) is 26.1. The molecule has 4 nitrogen and oxygen atoms in total. The average molecular weight is 613 g/mol. The van der Waals surface area contributed by atoms with Gasteiger partial charge in [0, 0.05) is 38.8 Å². The zero-order valence-corrected chi connectivity index (χ0v) is 26.1. The van der Waals surface area contributed by atoms with Gasteiger partial charge < -0.3 is 9.13 Å². The van der Waals surface area contributed by atoms with Crippen LogP contribution in [0.1, 0.15) is 28.8 Å². The van der Waals surface area contributed by atoms with E-state index < -0.39 is 0 Å². The molecule has 1 aliphatic carbocycles. The Morgan fingerprint density at radius 3 is 1.85 bits per heavy atom. The molecule has 48 heavy (non-hydrogen) atoms. The first-order valence-corrected chi connectivity index (χ1v) is 16.2. The van der Waals surface area contributed by atoms with Gasteiger partial charge in [-0.15, -0.1) is 0 Å². The zero-order chi connectivity index (χ0) is 32.2. The van der Waals surface area contributed by atoms with Crippen LogP contribution in [0.25, 0.3) is 72.4 Å². The number of allylic oxidation sites excluding steroid dienone is 1. The fourth-order valence-corrected chi connectivity index (χ4v) is 7.51. The number of hydrogen-bond acceptors (Lipinski definition) is 2. The molecule has 8 aromatic rings. The molecule has 0 amide bonds. The highest BCUT2D eigenvalue weighted by Crippen LogP contribution is 2.40. The molecule has 2 heterocycles. The second-order valence-electron chi connectivity index (χ2n) is 12.3. The summed E-state index contributed by atoms with van der Waals surface area (Å²) in [7, 11) is 0. The van der Waals surface area contributed by atoms with Gasteiger partial charge >= 0.3 is 0 Å². The van der Waals surface area contributed by atoms with Crippen molar-refractivity contribution in [2.75, 3.05) is 0 Å². The Hall–Kier alpha value is -6.62. The van der Waals surface area contributed by atoms with Gasteiger partial charge in [0.25, 0.3) is 0 Å². The summed E-state index contributed by atoms with van der Waals surface area (Å²) >= 11 is 0. The summed E-state index contributed by atoms with van der Waals surface area (Å²) in [5, 5.41) is 22.6. The number of fused-ring (bicyclic) bond motifs is 6. The molecule has 0 bridgehead atoms. The van der Waals surface area contributed by atoms with Crippen molar-refractivity contribution in [1.29, 1.82) is 10.5 Å². The fourth-order valence-electron chi connectivity index (χ4n) is 7.51. The molecule has 0 aliphatic heterocycles. The highest BCUT2D eigenvalue weighted by molar-refractivity contribution is 6.10. The number of benzene rings is 6. The minimum Gasteiger partial charge on any atom is -0.313 e. The topological polar surface area (TPSA) is 57.4 Å². The summed E-state index contributed by atoms with van der Waals surface area (Å²) in [6, 6.07) is 51.0. The first kappa shape index (κ1) is 27.7. The molecule has 0 radical (unpaired) electrons. The molecule has 0 saturated heterocycles. The second kappa shape index (κ2) is 11.0. The third kappa shape index (κ3) is 4.28. The molecule has 2 aromatic heterocycles. The van der Waals surface area contributed by atoms with Crippen molar-refractivity contribution < 1.29 is 0 Å². The van der Waals surface area contributed by atoms with Gasteiger partial charge in [0.15, 0.2) is 0 Å². The Balaban J connectivity index is 1.38. The van der Waals surface area contributed by atoms with Crippen LogP contribution in [0, 0.1) is 22.7 Å². The van der Waals surface area contributed by atoms with E-state index in [1.807, 2.05) is 36.4 Å². The van der Waals surface area contributed by atoms with E-state index >= 15 is 0 Å². The van der Waals surface area contributed by atoms with Gasteiger partial charge in [-0.3, -0.25) is 0 Å². The molecule has 0 unspecified atom stereocenters. The third-order valence-corrected chi connectivity index (χ3v) is 9.63. The van der Waals surface area contributed by atoms with E-state index in [2.05, 4.69) is 130 Å². The maximum absolute atomic E-state index is 9.75. The van der Waals surface area contributed by atoms with E-state index in [9.17, 15) is 10.5 Å². The van der Waals surface area contributed by atoms with Gasteiger partial charge in [0.2, 0.25) is 0 Å². The molecular weight excluding hydrogens is 585 g/mol. The molecule has 1 aliphatic rings. The highest BCUT2D eigenvalue weighted by Gasteiger charge is 2.21. The van der Waals surface area contributed by atoms with Gasteiger partial charge in [-0.2, -0.15) is 10.5 Å². The summed E-state index contributed by atoms with van der Waals surface area (Å²) in [5.74, 6) is 0. The molecule has 4 heteroatoms. The molecule has 6 aromatic carbocycles.